The fourth-order valence-corrected chi connectivity index (χ4v) is 1.48. The van der Waals surface area contributed by atoms with Gasteiger partial charge in [-0.3, -0.25) is 9.59 Å². The minimum atomic E-state index is -1.46. The van der Waals surface area contributed by atoms with Crippen LogP contribution in [0.3, 0.4) is 0 Å². The molecule has 1 aromatic rings. The van der Waals surface area contributed by atoms with E-state index in [-0.39, 0.29) is 0 Å². The molecule has 0 saturated carbocycles. The third-order valence-corrected chi connectivity index (χ3v) is 3.59. The molecule has 17 heavy (non-hydrogen) atoms. The first-order chi connectivity index (χ1) is 7.76. The molecule has 0 atom stereocenters. The molecular formula is C12H14BrNO3. The molecule has 0 fully saturated rings. The summed E-state index contributed by atoms with van der Waals surface area (Å²) in [5.41, 5.74) is 0.0867. The van der Waals surface area contributed by atoms with E-state index >= 15 is 0 Å². The molecule has 2 N–H and O–H groups in total. The van der Waals surface area contributed by atoms with Crippen molar-refractivity contribution < 1.29 is 14.7 Å². The van der Waals surface area contributed by atoms with Gasteiger partial charge >= 0.3 is 5.97 Å². The molecule has 0 aromatic heterocycles. The summed E-state index contributed by atoms with van der Waals surface area (Å²) >= 11 is 3.35. The molecule has 0 spiro atoms. The first kappa shape index (κ1) is 13.7. The first-order valence-electron chi connectivity index (χ1n) is 5.06. The van der Waals surface area contributed by atoms with Gasteiger partial charge in [-0.05, 0) is 48.3 Å². The number of rotatable bonds is 3. The van der Waals surface area contributed by atoms with Crippen molar-refractivity contribution in [2.45, 2.75) is 20.8 Å². The molecule has 0 saturated heterocycles. The lowest BCUT2D eigenvalue weighted by atomic mass is 9.92. The fraction of sp³-hybridized carbons (Fsp3) is 0.333. The van der Waals surface area contributed by atoms with Crippen LogP contribution in [0.5, 0.6) is 0 Å². The smallest absolute Gasteiger partial charge is 0.318 e. The lowest BCUT2D eigenvalue weighted by Gasteiger charge is -2.19. The highest BCUT2D eigenvalue weighted by molar-refractivity contribution is 9.10. The molecule has 92 valence electrons. The van der Waals surface area contributed by atoms with Crippen LogP contribution in [0.4, 0.5) is 5.69 Å². The average Bonchev–Trinajstić information content (AvgIpc) is 2.24. The number of carboxylic acids is 1. The molecule has 0 radical (unpaired) electrons. The molecule has 4 nitrogen and oxygen atoms in total. The minimum Gasteiger partial charge on any atom is -0.480 e. The number of halogens is 1. The van der Waals surface area contributed by atoms with Gasteiger partial charge in [-0.15, -0.1) is 0 Å². The SMILES string of the molecule is Cc1cccc(NC(=O)C(C)(C)C(=O)O)c1Br. The van der Waals surface area contributed by atoms with Gasteiger partial charge in [-0.2, -0.15) is 0 Å². The number of aliphatic carboxylic acids is 1. The number of hydrogen-bond donors (Lipinski definition) is 2. The molecule has 0 bridgehead atoms. The van der Waals surface area contributed by atoms with E-state index in [0.717, 1.165) is 10.0 Å². The lowest BCUT2D eigenvalue weighted by Crippen LogP contribution is -2.37. The lowest BCUT2D eigenvalue weighted by molar-refractivity contribution is -0.151. The minimum absolute atomic E-state index is 0.545. The zero-order valence-corrected chi connectivity index (χ0v) is 11.5. The summed E-state index contributed by atoms with van der Waals surface area (Å²) in [7, 11) is 0. The number of carboxylic acid groups (broad SMARTS) is 1. The molecule has 0 aliphatic rings. The van der Waals surface area contributed by atoms with Crippen molar-refractivity contribution >= 4 is 33.5 Å². The highest BCUT2D eigenvalue weighted by atomic mass is 79.9. The Bertz CT molecular complexity index is 469. The van der Waals surface area contributed by atoms with Gasteiger partial charge in [0.15, 0.2) is 0 Å². The van der Waals surface area contributed by atoms with E-state index in [1.165, 1.54) is 13.8 Å². The van der Waals surface area contributed by atoms with Crippen molar-refractivity contribution in [1.82, 2.24) is 0 Å². The van der Waals surface area contributed by atoms with Gasteiger partial charge in [0.05, 0.1) is 5.69 Å². The van der Waals surface area contributed by atoms with Crippen molar-refractivity contribution in [2.75, 3.05) is 5.32 Å². The number of nitrogens with one attached hydrogen (secondary N) is 1. The zero-order chi connectivity index (χ0) is 13.2. The number of carbonyl (C=O) groups is 2. The molecule has 5 heteroatoms. The summed E-state index contributed by atoms with van der Waals surface area (Å²) in [5, 5.41) is 11.5. The van der Waals surface area contributed by atoms with E-state index < -0.39 is 17.3 Å². The van der Waals surface area contributed by atoms with Gasteiger partial charge in [-0.1, -0.05) is 12.1 Å². The quantitative estimate of drug-likeness (QED) is 0.844. The van der Waals surface area contributed by atoms with E-state index in [1.807, 2.05) is 13.0 Å². The first-order valence-corrected chi connectivity index (χ1v) is 5.86. The summed E-state index contributed by atoms with van der Waals surface area (Å²) in [6.07, 6.45) is 0. The van der Waals surface area contributed by atoms with Gasteiger partial charge < -0.3 is 10.4 Å². The largest absolute Gasteiger partial charge is 0.480 e. The Kier molecular flexibility index (Phi) is 3.93. The highest BCUT2D eigenvalue weighted by Gasteiger charge is 2.36. The molecule has 0 aliphatic heterocycles. The second-order valence-electron chi connectivity index (χ2n) is 4.32. The van der Waals surface area contributed by atoms with Gasteiger partial charge in [0.1, 0.15) is 5.41 Å². The molecule has 1 aromatic carbocycles. The Balaban J connectivity index is 2.97. The Labute approximate surface area is 108 Å². The monoisotopic (exact) mass is 299 g/mol. The van der Waals surface area contributed by atoms with Crippen LogP contribution in [-0.4, -0.2) is 17.0 Å². The second-order valence-corrected chi connectivity index (χ2v) is 5.11. The Morgan fingerprint density at radius 3 is 2.47 bits per heavy atom. The zero-order valence-electron chi connectivity index (χ0n) is 9.87. The molecule has 0 heterocycles. The average molecular weight is 300 g/mol. The highest BCUT2D eigenvalue weighted by Crippen LogP contribution is 2.27. The Morgan fingerprint density at radius 1 is 1.35 bits per heavy atom. The Morgan fingerprint density at radius 2 is 1.94 bits per heavy atom. The van der Waals surface area contributed by atoms with Gasteiger partial charge in [-0.25, -0.2) is 0 Å². The maximum absolute atomic E-state index is 11.8. The second kappa shape index (κ2) is 4.87. The number of aryl methyl sites for hydroxylation is 1. The summed E-state index contributed by atoms with van der Waals surface area (Å²) < 4.78 is 0.759. The van der Waals surface area contributed by atoms with Crippen LogP contribution < -0.4 is 5.32 Å². The molecule has 0 unspecified atom stereocenters. The molecular weight excluding hydrogens is 286 g/mol. The van der Waals surface area contributed by atoms with Gasteiger partial charge in [0, 0.05) is 4.47 Å². The third-order valence-electron chi connectivity index (χ3n) is 2.54. The van der Waals surface area contributed by atoms with Crippen molar-refractivity contribution in [3.05, 3.63) is 28.2 Å². The van der Waals surface area contributed by atoms with Gasteiger partial charge in [0.25, 0.3) is 0 Å². The summed E-state index contributed by atoms with van der Waals surface area (Å²) in [4.78, 5) is 22.8. The molecule has 1 amide bonds. The molecule has 1 rings (SSSR count). The summed E-state index contributed by atoms with van der Waals surface area (Å²) in [5.74, 6) is -1.70. The van der Waals surface area contributed by atoms with Crippen molar-refractivity contribution in [3.8, 4) is 0 Å². The predicted octanol–water partition coefficient (Wildman–Crippen LogP) is 2.81. The number of benzene rings is 1. The standard InChI is InChI=1S/C12H14BrNO3/c1-7-5-4-6-8(9(7)13)14-10(15)12(2,3)11(16)17/h4-6H,1-3H3,(H,14,15)(H,16,17). The number of amides is 1. The normalized spacial score (nSPS) is 11.1. The van der Waals surface area contributed by atoms with Crippen molar-refractivity contribution in [1.29, 1.82) is 0 Å². The maximum Gasteiger partial charge on any atom is 0.318 e. The van der Waals surface area contributed by atoms with E-state index in [1.54, 1.807) is 12.1 Å². The van der Waals surface area contributed by atoms with Crippen LogP contribution in [0.15, 0.2) is 22.7 Å². The number of carbonyl (C=O) groups excluding carboxylic acids is 1. The third kappa shape index (κ3) is 2.85. The van der Waals surface area contributed by atoms with E-state index in [9.17, 15) is 9.59 Å². The Hall–Kier alpha value is -1.36. The van der Waals surface area contributed by atoms with Crippen LogP contribution in [0.25, 0.3) is 0 Å². The van der Waals surface area contributed by atoms with Crippen molar-refractivity contribution in [3.63, 3.8) is 0 Å². The van der Waals surface area contributed by atoms with Crippen LogP contribution in [0.2, 0.25) is 0 Å². The van der Waals surface area contributed by atoms with Crippen LogP contribution >= 0.6 is 15.9 Å². The summed E-state index contributed by atoms with van der Waals surface area (Å²) in [6.45, 7) is 4.63. The number of hydrogen-bond acceptors (Lipinski definition) is 2. The van der Waals surface area contributed by atoms with E-state index in [2.05, 4.69) is 21.2 Å². The predicted molar refractivity (Wildman–Crippen MR) is 68.9 cm³/mol. The molecule has 0 aliphatic carbocycles. The van der Waals surface area contributed by atoms with Gasteiger partial charge in [0.2, 0.25) is 5.91 Å². The van der Waals surface area contributed by atoms with E-state index in [4.69, 9.17) is 5.11 Å². The van der Waals surface area contributed by atoms with Crippen LogP contribution in [-0.2, 0) is 9.59 Å². The summed E-state index contributed by atoms with van der Waals surface area (Å²) in [6, 6.07) is 5.40. The maximum atomic E-state index is 11.8. The van der Waals surface area contributed by atoms with Crippen LogP contribution in [0, 0.1) is 12.3 Å². The van der Waals surface area contributed by atoms with Crippen molar-refractivity contribution in [2.24, 2.45) is 5.41 Å². The fourth-order valence-electron chi connectivity index (χ4n) is 1.12. The topological polar surface area (TPSA) is 66.4 Å². The number of anilines is 1. The van der Waals surface area contributed by atoms with Crippen LogP contribution in [0.1, 0.15) is 19.4 Å². The van der Waals surface area contributed by atoms with E-state index in [0.29, 0.717) is 5.69 Å².